The van der Waals surface area contributed by atoms with Gasteiger partial charge in [-0.2, -0.15) is 0 Å². The molecule has 2 N–H and O–H groups in total. The lowest BCUT2D eigenvalue weighted by atomic mass is 10.0. The maximum atomic E-state index is 12.0. The first kappa shape index (κ1) is 14.8. The van der Waals surface area contributed by atoms with Crippen LogP contribution in [0.5, 0.6) is 0 Å². The van der Waals surface area contributed by atoms with Crippen LogP contribution < -0.4 is 5.32 Å². The predicted molar refractivity (Wildman–Crippen MR) is 80.1 cm³/mol. The maximum Gasteiger partial charge on any atom is 0.326 e. The molecule has 108 valence electrons. The summed E-state index contributed by atoms with van der Waals surface area (Å²) in [6, 6.07) is 17.3. The fraction of sp³-hybridized carbons (Fsp3) is 0.176. The van der Waals surface area contributed by atoms with E-state index in [0.29, 0.717) is 18.4 Å². The Morgan fingerprint density at radius 2 is 1.52 bits per heavy atom. The van der Waals surface area contributed by atoms with Gasteiger partial charge in [0, 0.05) is 5.56 Å². The van der Waals surface area contributed by atoms with E-state index in [1.807, 2.05) is 30.3 Å². The molecule has 0 saturated carbocycles. The van der Waals surface area contributed by atoms with E-state index < -0.39 is 12.0 Å². The molecule has 21 heavy (non-hydrogen) atoms. The molecule has 1 amide bonds. The summed E-state index contributed by atoms with van der Waals surface area (Å²) in [4.78, 5) is 23.3. The molecular weight excluding hydrogens is 266 g/mol. The van der Waals surface area contributed by atoms with Gasteiger partial charge in [0.2, 0.25) is 0 Å². The van der Waals surface area contributed by atoms with Gasteiger partial charge < -0.3 is 10.4 Å². The van der Waals surface area contributed by atoms with Gasteiger partial charge in [-0.25, -0.2) is 4.79 Å². The quantitative estimate of drug-likeness (QED) is 0.856. The molecule has 0 saturated heterocycles. The van der Waals surface area contributed by atoms with Crippen LogP contribution in [-0.4, -0.2) is 23.0 Å². The zero-order chi connectivity index (χ0) is 15.1. The molecule has 0 fully saturated rings. The Balaban J connectivity index is 1.96. The summed E-state index contributed by atoms with van der Waals surface area (Å²) in [6.45, 7) is 0. The van der Waals surface area contributed by atoms with Crippen molar-refractivity contribution in [2.45, 2.75) is 18.9 Å². The minimum absolute atomic E-state index is 0.359. The number of aliphatic carboxylic acids is 1. The Kier molecular flexibility index (Phi) is 5.10. The summed E-state index contributed by atoms with van der Waals surface area (Å²) < 4.78 is 0. The molecule has 4 nitrogen and oxygen atoms in total. The summed E-state index contributed by atoms with van der Waals surface area (Å²) in [7, 11) is 0. The van der Waals surface area contributed by atoms with Crippen molar-refractivity contribution in [2.75, 3.05) is 0 Å². The molecule has 2 aromatic carbocycles. The normalized spacial score (nSPS) is 11.6. The van der Waals surface area contributed by atoms with Crippen LogP contribution >= 0.6 is 0 Å². The van der Waals surface area contributed by atoms with Crippen LogP contribution in [0.15, 0.2) is 60.7 Å². The van der Waals surface area contributed by atoms with E-state index in [1.165, 1.54) is 0 Å². The molecule has 0 radical (unpaired) electrons. The van der Waals surface area contributed by atoms with Crippen LogP contribution in [0, 0.1) is 0 Å². The van der Waals surface area contributed by atoms with E-state index in [9.17, 15) is 14.7 Å². The van der Waals surface area contributed by atoms with E-state index in [-0.39, 0.29) is 5.91 Å². The SMILES string of the molecule is O=C(NC(CCc1ccccc1)C(=O)O)c1ccccc1. The van der Waals surface area contributed by atoms with E-state index in [2.05, 4.69) is 5.32 Å². The lowest BCUT2D eigenvalue weighted by Crippen LogP contribution is -2.41. The van der Waals surface area contributed by atoms with E-state index in [0.717, 1.165) is 5.56 Å². The van der Waals surface area contributed by atoms with Crippen molar-refractivity contribution in [1.82, 2.24) is 5.32 Å². The second-order valence-electron chi connectivity index (χ2n) is 4.75. The number of rotatable bonds is 6. The van der Waals surface area contributed by atoms with Crippen LogP contribution in [0.3, 0.4) is 0 Å². The highest BCUT2D eigenvalue weighted by Gasteiger charge is 2.20. The average Bonchev–Trinajstić information content (AvgIpc) is 2.52. The molecule has 0 heterocycles. The van der Waals surface area contributed by atoms with Gasteiger partial charge in [-0.15, -0.1) is 0 Å². The Morgan fingerprint density at radius 1 is 0.952 bits per heavy atom. The van der Waals surface area contributed by atoms with Crippen LogP contribution in [0.1, 0.15) is 22.3 Å². The number of carbonyl (C=O) groups excluding carboxylic acids is 1. The molecule has 2 aromatic rings. The van der Waals surface area contributed by atoms with Gasteiger partial charge in [0.15, 0.2) is 0 Å². The van der Waals surface area contributed by atoms with Crippen molar-refractivity contribution in [3.8, 4) is 0 Å². The number of amides is 1. The Labute approximate surface area is 123 Å². The molecule has 2 rings (SSSR count). The number of aryl methyl sites for hydroxylation is 1. The number of nitrogens with one attached hydrogen (secondary N) is 1. The third kappa shape index (κ3) is 4.45. The first-order valence-electron chi connectivity index (χ1n) is 6.79. The van der Waals surface area contributed by atoms with Gasteiger partial charge in [0.1, 0.15) is 6.04 Å². The van der Waals surface area contributed by atoms with Crippen LogP contribution in [0.2, 0.25) is 0 Å². The lowest BCUT2D eigenvalue weighted by molar-refractivity contribution is -0.139. The molecule has 0 aromatic heterocycles. The molecule has 0 bridgehead atoms. The summed E-state index contributed by atoms with van der Waals surface area (Å²) in [5, 5.41) is 11.8. The van der Waals surface area contributed by atoms with Crippen molar-refractivity contribution in [2.24, 2.45) is 0 Å². The van der Waals surface area contributed by atoms with Gasteiger partial charge in [0.05, 0.1) is 0 Å². The molecule has 0 aliphatic rings. The van der Waals surface area contributed by atoms with Crippen molar-refractivity contribution in [3.63, 3.8) is 0 Å². The Bertz CT molecular complexity index is 596. The number of hydrogen-bond donors (Lipinski definition) is 2. The summed E-state index contributed by atoms with van der Waals surface area (Å²) >= 11 is 0. The van der Waals surface area contributed by atoms with Gasteiger partial charge >= 0.3 is 5.97 Å². The zero-order valence-electron chi connectivity index (χ0n) is 11.5. The van der Waals surface area contributed by atoms with Crippen LogP contribution in [-0.2, 0) is 11.2 Å². The zero-order valence-corrected chi connectivity index (χ0v) is 11.5. The minimum Gasteiger partial charge on any atom is -0.480 e. The number of carboxylic acid groups (broad SMARTS) is 1. The predicted octanol–water partition coefficient (Wildman–Crippen LogP) is 2.50. The number of carboxylic acids is 1. The number of hydrogen-bond acceptors (Lipinski definition) is 2. The fourth-order valence-electron chi connectivity index (χ4n) is 2.04. The average molecular weight is 283 g/mol. The number of benzene rings is 2. The lowest BCUT2D eigenvalue weighted by Gasteiger charge is -2.14. The Morgan fingerprint density at radius 3 is 2.10 bits per heavy atom. The standard InChI is InChI=1S/C17H17NO3/c19-16(14-9-5-2-6-10-14)18-15(17(20)21)12-11-13-7-3-1-4-8-13/h1-10,15H,11-12H2,(H,18,19)(H,20,21). The van der Waals surface area contributed by atoms with Gasteiger partial charge in [-0.1, -0.05) is 48.5 Å². The molecule has 4 heteroatoms. The second-order valence-corrected chi connectivity index (χ2v) is 4.75. The Hall–Kier alpha value is -2.62. The monoisotopic (exact) mass is 283 g/mol. The second kappa shape index (κ2) is 7.24. The summed E-state index contributed by atoms with van der Waals surface area (Å²) in [5.74, 6) is -1.38. The summed E-state index contributed by atoms with van der Waals surface area (Å²) in [5.41, 5.74) is 1.51. The van der Waals surface area contributed by atoms with E-state index >= 15 is 0 Å². The minimum atomic E-state index is -1.02. The van der Waals surface area contributed by atoms with E-state index in [4.69, 9.17) is 0 Å². The summed E-state index contributed by atoms with van der Waals surface area (Å²) in [6.07, 6.45) is 0.963. The third-order valence-electron chi connectivity index (χ3n) is 3.20. The maximum absolute atomic E-state index is 12.0. The van der Waals surface area contributed by atoms with Crippen LogP contribution in [0.4, 0.5) is 0 Å². The molecule has 1 unspecified atom stereocenters. The molecular formula is C17H17NO3. The van der Waals surface area contributed by atoms with E-state index in [1.54, 1.807) is 30.3 Å². The third-order valence-corrected chi connectivity index (χ3v) is 3.20. The highest BCUT2D eigenvalue weighted by atomic mass is 16.4. The molecule has 0 aliphatic carbocycles. The fourth-order valence-corrected chi connectivity index (χ4v) is 2.04. The van der Waals surface area contributed by atoms with Crippen molar-refractivity contribution < 1.29 is 14.7 Å². The van der Waals surface area contributed by atoms with Crippen LogP contribution in [0.25, 0.3) is 0 Å². The van der Waals surface area contributed by atoms with Crippen molar-refractivity contribution in [3.05, 3.63) is 71.8 Å². The molecule has 0 spiro atoms. The van der Waals surface area contributed by atoms with Crippen molar-refractivity contribution >= 4 is 11.9 Å². The molecule has 0 aliphatic heterocycles. The largest absolute Gasteiger partial charge is 0.480 e. The first-order valence-corrected chi connectivity index (χ1v) is 6.79. The highest BCUT2D eigenvalue weighted by Crippen LogP contribution is 2.07. The smallest absolute Gasteiger partial charge is 0.326 e. The topological polar surface area (TPSA) is 66.4 Å². The molecule has 1 atom stereocenters. The van der Waals surface area contributed by atoms with Gasteiger partial charge in [-0.3, -0.25) is 4.79 Å². The first-order chi connectivity index (χ1) is 10.2. The van der Waals surface area contributed by atoms with Gasteiger partial charge in [0.25, 0.3) is 5.91 Å². The van der Waals surface area contributed by atoms with Gasteiger partial charge in [-0.05, 0) is 30.5 Å². The number of carbonyl (C=O) groups is 2. The van der Waals surface area contributed by atoms with Crippen molar-refractivity contribution in [1.29, 1.82) is 0 Å². The highest BCUT2D eigenvalue weighted by molar-refractivity contribution is 5.96.